The first kappa shape index (κ1) is 26.9. The molecule has 0 radical (unpaired) electrons. The Morgan fingerprint density at radius 1 is 1.15 bits per heavy atom. The number of halogens is 2. The van der Waals surface area contributed by atoms with Gasteiger partial charge in [-0.3, -0.25) is 9.69 Å². The van der Waals surface area contributed by atoms with Crippen LogP contribution in [0, 0.1) is 5.41 Å². The highest BCUT2D eigenvalue weighted by Crippen LogP contribution is 2.50. The largest absolute Gasteiger partial charge is 0.380 e. The lowest BCUT2D eigenvalue weighted by Gasteiger charge is -2.59. The molecule has 1 aliphatic heterocycles. The van der Waals surface area contributed by atoms with Crippen LogP contribution in [0.2, 0.25) is 0 Å². The molecule has 0 spiro atoms. The fourth-order valence-electron chi connectivity index (χ4n) is 4.17. The van der Waals surface area contributed by atoms with Crippen LogP contribution in [0.1, 0.15) is 47.5 Å². The van der Waals surface area contributed by atoms with Crippen molar-refractivity contribution in [3.8, 4) is 0 Å². The maximum atomic E-state index is 13.2. The first-order chi connectivity index (χ1) is 11.8. The first-order valence-corrected chi connectivity index (χ1v) is 9.83. The number of rotatable bonds is 8. The van der Waals surface area contributed by atoms with Crippen molar-refractivity contribution >= 4 is 30.7 Å². The highest BCUT2D eigenvalue weighted by Gasteiger charge is 2.63. The van der Waals surface area contributed by atoms with Crippen molar-refractivity contribution in [1.29, 1.82) is 0 Å². The number of hydrogen-bond donors (Lipinski definition) is 1. The summed E-state index contributed by atoms with van der Waals surface area (Å²) in [6.07, 6.45) is 1.72. The van der Waals surface area contributed by atoms with E-state index in [9.17, 15) is 4.79 Å². The van der Waals surface area contributed by atoms with Gasteiger partial charge in [-0.25, -0.2) is 0 Å². The summed E-state index contributed by atoms with van der Waals surface area (Å²) in [5.74, 6) is 0.0939. The molecule has 2 N–H and O–H groups in total. The molecule has 2 fully saturated rings. The molecule has 2 rings (SSSR count). The quantitative estimate of drug-likeness (QED) is 0.601. The monoisotopic (exact) mass is 427 g/mol. The van der Waals surface area contributed by atoms with Crippen LogP contribution in [-0.4, -0.2) is 79.4 Å². The van der Waals surface area contributed by atoms with E-state index >= 15 is 0 Å². The molecule has 1 amide bonds. The molecule has 3 unspecified atom stereocenters. The van der Waals surface area contributed by atoms with Gasteiger partial charge >= 0.3 is 0 Å². The van der Waals surface area contributed by atoms with Crippen molar-refractivity contribution in [2.24, 2.45) is 11.1 Å². The van der Waals surface area contributed by atoms with Crippen LogP contribution in [-0.2, 0) is 14.3 Å². The second-order valence-corrected chi connectivity index (χ2v) is 7.89. The van der Waals surface area contributed by atoms with Crippen LogP contribution in [0.15, 0.2) is 0 Å². The Morgan fingerprint density at radius 2 is 1.81 bits per heavy atom. The van der Waals surface area contributed by atoms with Crippen LogP contribution in [0.5, 0.6) is 0 Å². The van der Waals surface area contributed by atoms with Crippen molar-refractivity contribution in [3.63, 3.8) is 0 Å². The normalized spacial score (nSPS) is 30.1. The Hall–Kier alpha value is -0.110. The van der Waals surface area contributed by atoms with Gasteiger partial charge in [-0.05, 0) is 20.3 Å². The average Bonchev–Trinajstić information content (AvgIpc) is 2.61. The average molecular weight is 428 g/mol. The standard InChI is InChI=1S/C19H37N3O3.2ClH/c1-6-15-14-22(10-9-21(15)11-12-24-7-2)17(23)19(20)13-16(25-8-3)18(19,4)5;;/h15-16H,6-14,20H2,1-5H3;2*1H. The van der Waals surface area contributed by atoms with E-state index in [4.69, 9.17) is 15.2 Å². The summed E-state index contributed by atoms with van der Waals surface area (Å²) in [5, 5.41) is 0. The molecule has 27 heavy (non-hydrogen) atoms. The maximum absolute atomic E-state index is 13.2. The zero-order valence-corrected chi connectivity index (χ0v) is 19.2. The molecular formula is C19H39Cl2N3O3. The van der Waals surface area contributed by atoms with Gasteiger partial charge in [0.25, 0.3) is 0 Å². The molecule has 1 heterocycles. The summed E-state index contributed by atoms with van der Waals surface area (Å²) in [5.41, 5.74) is 5.46. The predicted octanol–water partition coefficient (Wildman–Crippen LogP) is 2.32. The summed E-state index contributed by atoms with van der Waals surface area (Å²) in [6, 6.07) is 0.382. The fraction of sp³-hybridized carbons (Fsp3) is 0.947. The SMILES string of the molecule is CCOCCN1CCN(C(=O)C2(N)CC(OCC)C2(C)C)CC1CC.Cl.Cl. The van der Waals surface area contributed by atoms with Crippen LogP contribution in [0.3, 0.4) is 0 Å². The first-order valence-electron chi connectivity index (χ1n) is 9.83. The Balaban J connectivity index is 0.00000338. The summed E-state index contributed by atoms with van der Waals surface area (Å²) >= 11 is 0. The molecule has 2 aliphatic rings. The van der Waals surface area contributed by atoms with Crippen LogP contribution < -0.4 is 5.73 Å². The highest BCUT2D eigenvalue weighted by molar-refractivity contribution is 5.89. The molecule has 6 nitrogen and oxygen atoms in total. The minimum Gasteiger partial charge on any atom is -0.380 e. The molecule has 1 aliphatic carbocycles. The minimum absolute atomic E-state index is 0. The van der Waals surface area contributed by atoms with Gasteiger partial charge in [-0.2, -0.15) is 0 Å². The predicted molar refractivity (Wildman–Crippen MR) is 114 cm³/mol. The van der Waals surface area contributed by atoms with Gasteiger partial charge in [0.15, 0.2) is 0 Å². The van der Waals surface area contributed by atoms with Gasteiger partial charge in [-0.1, -0.05) is 20.8 Å². The van der Waals surface area contributed by atoms with Crippen LogP contribution in [0.4, 0.5) is 0 Å². The smallest absolute Gasteiger partial charge is 0.243 e. The molecule has 0 bridgehead atoms. The molecule has 162 valence electrons. The molecule has 1 saturated heterocycles. The van der Waals surface area contributed by atoms with Gasteiger partial charge in [0.05, 0.1) is 12.7 Å². The number of carbonyl (C=O) groups excluding carboxylic acids is 1. The highest BCUT2D eigenvalue weighted by atomic mass is 35.5. The van der Waals surface area contributed by atoms with Crippen molar-refractivity contribution in [3.05, 3.63) is 0 Å². The number of carbonyl (C=O) groups is 1. The summed E-state index contributed by atoms with van der Waals surface area (Å²) < 4.78 is 11.3. The Kier molecular flexibility index (Phi) is 11.1. The third kappa shape index (κ3) is 5.28. The maximum Gasteiger partial charge on any atom is 0.243 e. The van der Waals surface area contributed by atoms with Gasteiger partial charge in [0, 0.05) is 57.3 Å². The Labute approximate surface area is 177 Å². The summed E-state index contributed by atoms with van der Waals surface area (Å²) in [6.45, 7) is 15.8. The molecular weight excluding hydrogens is 389 g/mol. The fourth-order valence-corrected chi connectivity index (χ4v) is 4.17. The van der Waals surface area contributed by atoms with E-state index in [1.54, 1.807) is 0 Å². The number of hydrogen-bond acceptors (Lipinski definition) is 5. The minimum atomic E-state index is -0.807. The lowest BCUT2D eigenvalue weighted by atomic mass is 9.54. The zero-order chi connectivity index (χ0) is 18.7. The van der Waals surface area contributed by atoms with E-state index in [2.05, 4.69) is 25.7 Å². The van der Waals surface area contributed by atoms with Crippen LogP contribution >= 0.6 is 24.8 Å². The molecule has 3 atom stereocenters. The lowest BCUT2D eigenvalue weighted by Crippen LogP contribution is -2.77. The van der Waals surface area contributed by atoms with Crippen molar-refractivity contribution < 1.29 is 14.3 Å². The molecule has 0 aromatic carbocycles. The van der Waals surface area contributed by atoms with E-state index in [0.717, 1.165) is 45.8 Å². The van der Waals surface area contributed by atoms with Gasteiger partial charge < -0.3 is 20.1 Å². The summed E-state index contributed by atoms with van der Waals surface area (Å²) in [4.78, 5) is 17.6. The van der Waals surface area contributed by atoms with Crippen molar-refractivity contribution in [2.45, 2.75) is 65.1 Å². The number of nitrogens with two attached hydrogens (primary N) is 1. The van der Waals surface area contributed by atoms with Gasteiger partial charge in [0.1, 0.15) is 5.54 Å². The van der Waals surface area contributed by atoms with E-state index in [1.165, 1.54) is 0 Å². The van der Waals surface area contributed by atoms with E-state index < -0.39 is 5.54 Å². The molecule has 0 aromatic rings. The van der Waals surface area contributed by atoms with E-state index in [-0.39, 0.29) is 42.2 Å². The number of nitrogens with zero attached hydrogens (tertiary/aromatic N) is 2. The summed E-state index contributed by atoms with van der Waals surface area (Å²) in [7, 11) is 0. The van der Waals surface area contributed by atoms with Crippen molar-refractivity contribution in [1.82, 2.24) is 9.80 Å². The second-order valence-electron chi connectivity index (χ2n) is 7.89. The third-order valence-electron chi connectivity index (χ3n) is 6.30. The van der Waals surface area contributed by atoms with Crippen molar-refractivity contribution in [2.75, 3.05) is 46.0 Å². The van der Waals surface area contributed by atoms with E-state index in [1.807, 2.05) is 18.7 Å². The Bertz CT molecular complexity index is 467. The van der Waals surface area contributed by atoms with E-state index in [0.29, 0.717) is 19.1 Å². The van der Waals surface area contributed by atoms with Gasteiger partial charge in [-0.15, -0.1) is 24.8 Å². The molecule has 8 heteroatoms. The zero-order valence-electron chi connectivity index (χ0n) is 17.5. The van der Waals surface area contributed by atoms with Crippen LogP contribution in [0.25, 0.3) is 0 Å². The topological polar surface area (TPSA) is 68.0 Å². The Morgan fingerprint density at radius 3 is 2.33 bits per heavy atom. The number of amides is 1. The second kappa shape index (κ2) is 11.2. The van der Waals surface area contributed by atoms with Gasteiger partial charge in [0.2, 0.25) is 5.91 Å². The molecule has 0 aromatic heterocycles. The molecule has 1 saturated carbocycles. The number of ether oxygens (including phenoxy) is 2. The lowest BCUT2D eigenvalue weighted by molar-refractivity contribution is -0.181. The number of piperazine rings is 1. The third-order valence-corrected chi connectivity index (χ3v) is 6.30.